The number of carbonyl (C=O) groups excluding carboxylic acids is 4. The van der Waals surface area contributed by atoms with Crippen molar-refractivity contribution in [2.24, 2.45) is 0 Å². The lowest BCUT2D eigenvalue weighted by Gasteiger charge is -2.22. The zero-order chi connectivity index (χ0) is 26.2. The molecule has 10 nitrogen and oxygen atoms in total. The molecule has 34 heavy (non-hydrogen) atoms. The Morgan fingerprint density at radius 2 is 1.32 bits per heavy atom. The van der Waals surface area contributed by atoms with Gasteiger partial charge in [0, 0.05) is 19.4 Å². The van der Waals surface area contributed by atoms with Crippen molar-refractivity contribution in [3.63, 3.8) is 0 Å². The molecule has 0 aliphatic carbocycles. The summed E-state index contributed by atoms with van der Waals surface area (Å²) in [6, 6.07) is -0.961. The summed E-state index contributed by atoms with van der Waals surface area (Å²) in [5, 5.41) is 5.18. The molecule has 198 valence electrons. The first-order valence-corrected chi connectivity index (χ1v) is 12.0. The van der Waals surface area contributed by atoms with Crippen LogP contribution in [0.15, 0.2) is 0 Å². The van der Waals surface area contributed by atoms with E-state index in [1.807, 2.05) is 20.8 Å². The second-order valence-corrected chi connectivity index (χ2v) is 9.91. The normalized spacial score (nSPS) is 12.3. The van der Waals surface area contributed by atoms with Crippen molar-refractivity contribution < 1.29 is 38.1 Å². The molecule has 0 unspecified atom stereocenters. The van der Waals surface area contributed by atoms with Gasteiger partial charge < -0.3 is 29.6 Å². The Morgan fingerprint density at radius 1 is 0.765 bits per heavy atom. The smallest absolute Gasteiger partial charge is 0.408 e. The Labute approximate surface area is 203 Å². The van der Waals surface area contributed by atoms with E-state index in [1.165, 1.54) is 0 Å². The van der Waals surface area contributed by atoms with Gasteiger partial charge in [-0.05, 0) is 61.3 Å². The molecular weight excluding hydrogens is 444 g/mol. The van der Waals surface area contributed by atoms with Gasteiger partial charge >= 0.3 is 24.1 Å². The van der Waals surface area contributed by atoms with E-state index in [0.29, 0.717) is 13.0 Å². The topological polar surface area (TPSA) is 129 Å². The summed E-state index contributed by atoms with van der Waals surface area (Å²) in [7, 11) is 0. The fourth-order valence-corrected chi connectivity index (χ4v) is 2.73. The minimum atomic E-state index is -0.961. The molecule has 0 aromatic rings. The highest BCUT2D eigenvalue weighted by atomic mass is 16.6. The summed E-state index contributed by atoms with van der Waals surface area (Å²) in [4.78, 5) is 47.5. The molecule has 0 heterocycles. The SMILES string of the molecule is CCOC(=O)[C@H](CCOC(=O)CCCCCCCNC(=O)OC(C)(C)C)NC(=O)OC(C)(C)C. The van der Waals surface area contributed by atoms with Crippen LogP contribution in [-0.4, -0.2) is 61.1 Å². The van der Waals surface area contributed by atoms with Gasteiger partial charge in [0.25, 0.3) is 0 Å². The molecule has 0 saturated heterocycles. The number of carbonyl (C=O) groups is 4. The molecule has 0 bridgehead atoms. The van der Waals surface area contributed by atoms with Crippen LogP contribution in [0.2, 0.25) is 0 Å². The highest BCUT2D eigenvalue weighted by molar-refractivity contribution is 5.81. The van der Waals surface area contributed by atoms with Gasteiger partial charge in [0.05, 0.1) is 13.2 Å². The predicted molar refractivity (Wildman–Crippen MR) is 127 cm³/mol. The van der Waals surface area contributed by atoms with E-state index in [1.54, 1.807) is 27.7 Å². The zero-order valence-electron chi connectivity index (χ0n) is 21.9. The number of nitrogens with one attached hydrogen (secondary N) is 2. The second-order valence-electron chi connectivity index (χ2n) is 9.91. The van der Waals surface area contributed by atoms with Crippen molar-refractivity contribution in [2.45, 2.75) is 111 Å². The summed E-state index contributed by atoms with van der Waals surface area (Å²) in [5.74, 6) is -0.961. The summed E-state index contributed by atoms with van der Waals surface area (Å²) in [6.07, 6.45) is 3.48. The fourth-order valence-electron chi connectivity index (χ4n) is 2.73. The summed E-state index contributed by atoms with van der Waals surface area (Å²) in [6.45, 7) is 13.0. The number of amides is 2. The van der Waals surface area contributed by atoms with Gasteiger partial charge in [0.2, 0.25) is 0 Å². The minimum Gasteiger partial charge on any atom is -0.466 e. The molecule has 1 atom stereocenters. The van der Waals surface area contributed by atoms with Crippen LogP contribution in [0.4, 0.5) is 9.59 Å². The molecule has 0 spiro atoms. The number of ether oxygens (including phenoxy) is 4. The fraction of sp³-hybridized carbons (Fsp3) is 0.833. The molecule has 0 aliphatic heterocycles. The minimum absolute atomic E-state index is 0.0194. The third-order valence-corrected chi connectivity index (χ3v) is 4.16. The Morgan fingerprint density at radius 3 is 1.91 bits per heavy atom. The molecule has 0 saturated carbocycles. The van der Waals surface area contributed by atoms with E-state index >= 15 is 0 Å². The molecule has 10 heteroatoms. The Bertz CT molecular complexity index is 638. The third kappa shape index (κ3) is 19.0. The molecule has 0 radical (unpaired) electrons. The van der Waals surface area contributed by atoms with Gasteiger partial charge in [-0.2, -0.15) is 0 Å². The van der Waals surface area contributed by atoms with Crippen LogP contribution in [0, 0.1) is 0 Å². The van der Waals surface area contributed by atoms with Crippen molar-refractivity contribution in [3.8, 4) is 0 Å². The summed E-state index contributed by atoms with van der Waals surface area (Å²) >= 11 is 0. The molecule has 2 N–H and O–H groups in total. The average molecular weight is 489 g/mol. The van der Waals surface area contributed by atoms with E-state index in [9.17, 15) is 19.2 Å². The van der Waals surface area contributed by atoms with Gasteiger partial charge in [0.1, 0.15) is 17.2 Å². The summed E-state index contributed by atoms with van der Waals surface area (Å²) < 4.78 is 20.5. The molecule has 0 rings (SSSR count). The van der Waals surface area contributed by atoms with Crippen molar-refractivity contribution in [2.75, 3.05) is 19.8 Å². The van der Waals surface area contributed by atoms with Crippen LogP contribution in [0.3, 0.4) is 0 Å². The predicted octanol–water partition coefficient (Wildman–Crippen LogP) is 4.24. The lowest BCUT2D eigenvalue weighted by Crippen LogP contribution is -2.45. The van der Waals surface area contributed by atoms with E-state index < -0.39 is 35.4 Å². The molecule has 0 aromatic heterocycles. The number of hydrogen-bond donors (Lipinski definition) is 2. The van der Waals surface area contributed by atoms with Crippen LogP contribution >= 0.6 is 0 Å². The quantitative estimate of drug-likeness (QED) is 0.211. The number of alkyl carbamates (subject to hydrolysis) is 2. The van der Waals surface area contributed by atoms with E-state index in [-0.39, 0.29) is 32.0 Å². The van der Waals surface area contributed by atoms with Gasteiger partial charge in [-0.25, -0.2) is 14.4 Å². The number of rotatable bonds is 14. The first-order chi connectivity index (χ1) is 15.7. The molecule has 0 aromatic carbocycles. The Balaban J connectivity index is 4.03. The van der Waals surface area contributed by atoms with Crippen LogP contribution in [-0.2, 0) is 28.5 Å². The van der Waals surface area contributed by atoms with Crippen LogP contribution in [0.5, 0.6) is 0 Å². The van der Waals surface area contributed by atoms with Crippen LogP contribution in [0.25, 0.3) is 0 Å². The van der Waals surface area contributed by atoms with E-state index in [0.717, 1.165) is 25.7 Å². The molecular formula is C24H44N2O8. The second kappa shape index (κ2) is 16.2. The molecule has 0 aliphatic rings. The Kier molecular flexibility index (Phi) is 15.0. The first kappa shape index (κ1) is 31.5. The monoisotopic (exact) mass is 488 g/mol. The van der Waals surface area contributed by atoms with Crippen molar-refractivity contribution >= 4 is 24.1 Å². The number of unbranched alkanes of at least 4 members (excludes halogenated alkanes) is 4. The van der Waals surface area contributed by atoms with Crippen molar-refractivity contribution in [1.29, 1.82) is 0 Å². The maximum Gasteiger partial charge on any atom is 0.408 e. The van der Waals surface area contributed by atoms with Crippen molar-refractivity contribution in [1.82, 2.24) is 10.6 Å². The first-order valence-electron chi connectivity index (χ1n) is 12.0. The zero-order valence-corrected chi connectivity index (χ0v) is 21.9. The third-order valence-electron chi connectivity index (χ3n) is 4.16. The maximum atomic E-state index is 12.1. The van der Waals surface area contributed by atoms with Gasteiger partial charge in [-0.15, -0.1) is 0 Å². The molecule has 0 fully saturated rings. The van der Waals surface area contributed by atoms with Gasteiger partial charge in [-0.3, -0.25) is 4.79 Å². The van der Waals surface area contributed by atoms with Gasteiger partial charge in [0.15, 0.2) is 0 Å². The highest BCUT2D eigenvalue weighted by Crippen LogP contribution is 2.10. The van der Waals surface area contributed by atoms with Crippen LogP contribution < -0.4 is 10.6 Å². The van der Waals surface area contributed by atoms with E-state index in [4.69, 9.17) is 18.9 Å². The van der Waals surface area contributed by atoms with Crippen LogP contribution in [0.1, 0.15) is 93.4 Å². The van der Waals surface area contributed by atoms with Gasteiger partial charge in [-0.1, -0.05) is 19.3 Å². The maximum absolute atomic E-state index is 12.1. The van der Waals surface area contributed by atoms with E-state index in [2.05, 4.69) is 10.6 Å². The number of hydrogen-bond acceptors (Lipinski definition) is 8. The standard InChI is InChI=1S/C24H44N2O8/c1-8-31-20(28)18(26-22(30)34-24(5,6)7)15-17-32-19(27)14-12-10-9-11-13-16-25-21(29)33-23(2,3)4/h18H,8-17H2,1-7H3,(H,25,29)(H,26,30)/t18-/m0/s1. The summed E-state index contributed by atoms with van der Waals surface area (Å²) in [5.41, 5.74) is -1.21. The highest BCUT2D eigenvalue weighted by Gasteiger charge is 2.25. The largest absolute Gasteiger partial charge is 0.466 e. The lowest BCUT2D eigenvalue weighted by molar-refractivity contribution is -0.149. The molecule has 2 amide bonds. The lowest BCUT2D eigenvalue weighted by atomic mass is 10.1. The van der Waals surface area contributed by atoms with Crippen molar-refractivity contribution in [3.05, 3.63) is 0 Å². The average Bonchev–Trinajstić information content (AvgIpc) is 2.66. The Hall–Kier alpha value is -2.52. The number of esters is 2.